The average Bonchev–Trinajstić information content (AvgIpc) is 2.62. The molecular weight excluding hydrogens is 357 g/mol. The van der Waals surface area contributed by atoms with Gasteiger partial charge in [0.05, 0.1) is 5.92 Å². The number of halogens is 2. The fourth-order valence-electron chi connectivity index (χ4n) is 3.39. The Bertz CT molecular complexity index is 463. The molecule has 2 atom stereocenters. The lowest BCUT2D eigenvalue weighted by molar-refractivity contribution is -0.125. The highest BCUT2D eigenvalue weighted by atomic mass is 35.5. The Morgan fingerprint density at radius 1 is 1.24 bits per heavy atom. The van der Waals surface area contributed by atoms with Gasteiger partial charge < -0.3 is 10.6 Å². The predicted molar refractivity (Wildman–Crippen MR) is 110 cm³/mol. The summed E-state index contributed by atoms with van der Waals surface area (Å²) < 4.78 is 0. The molecule has 0 spiro atoms. The molecule has 1 fully saturated rings. The number of piperidine rings is 1. The number of benzene rings is 1. The van der Waals surface area contributed by atoms with Gasteiger partial charge in [0.2, 0.25) is 5.91 Å². The molecule has 2 unspecified atom stereocenters. The van der Waals surface area contributed by atoms with E-state index in [4.69, 9.17) is 0 Å². The van der Waals surface area contributed by atoms with Crippen LogP contribution in [0.25, 0.3) is 0 Å². The molecule has 0 aromatic heterocycles. The third kappa shape index (κ3) is 7.95. The molecule has 2 N–H and O–H groups in total. The summed E-state index contributed by atoms with van der Waals surface area (Å²) >= 11 is 0. The lowest BCUT2D eigenvalue weighted by Gasteiger charge is -2.31. The van der Waals surface area contributed by atoms with E-state index in [0.29, 0.717) is 6.04 Å². The van der Waals surface area contributed by atoms with Gasteiger partial charge in [-0.1, -0.05) is 44.2 Å². The first-order valence-corrected chi connectivity index (χ1v) is 9.01. The maximum Gasteiger partial charge on any atom is 0.224 e. The second kappa shape index (κ2) is 13.4. The summed E-state index contributed by atoms with van der Waals surface area (Å²) in [6, 6.07) is 10.9. The molecule has 0 aliphatic carbocycles. The first kappa shape index (κ1) is 24.2. The van der Waals surface area contributed by atoms with Crippen LogP contribution in [0.3, 0.4) is 0 Å². The van der Waals surface area contributed by atoms with Crippen LogP contribution in [0.15, 0.2) is 30.3 Å². The molecule has 1 aliphatic heterocycles. The van der Waals surface area contributed by atoms with Crippen molar-refractivity contribution >= 4 is 30.7 Å². The first-order valence-electron chi connectivity index (χ1n) is 9.01. The quantitative estimate of drug-likeness (QED) is 0.718. The lowest BCUT2D eigenvalue weighted by Crippen LogP contribution is -2.48. The summed E-state index contributed by atoms with van der Waals surface area (Å²) in [4.78, 5) is 14.8. The maximum atomic E-state index is 12.4. The van der Waals surface area contributed by atoms with E-state index in [1.807, 2.05) is 6.07 Å². The molecule has 1 amide bonds. The largest absolute Gasteiger partial charge is 0.354 e. The van der Waals surface area contributed by atoms with Crippen molar-refractivity contribution in [2.24, 2.45) is 5.92 Å². The molecule has 25 heavy (non-hydrogen) atoms. The van der Waals surface area contributed by atoms with E-state index < -0.39 is 0 Å². The summed E-state index contributed by atoms with van der Waals surface area (Å²) in [6.45, 7) is 8.98. The van der Waals surface area contributed by atoms with Crippen LogP contribution >= 0.6 is 24.8 Å². The van der Waals surface area contributed by atoms with Crippen molar-refractivity contribution in [2.45, 2.75) is 39.2 Å². The summed E-state index contributed by atoms with van der Waals surface area (Å²) in [5.74, 6) is 0.347. The molecule has 0 radical (unpaired) electrons. The van der Waals surface area contributed by atoms with E-state index in [9.17, 15) is 4.79 Å². The van der Waals surface area contributed by atoms with Crippen molar-refractivity contribution in [1.82, 2.24) is 15.5 Å². The molecule has 0 bridgehead atoms. The fraction of sp³-hybridized carbons (Fsp3) is 0.632. The predicted octanol–water partition coefficient (Wildman–Crippen LogP) is 2.90. The zero-order valence-electron chi connectivity index (χ0n) is 15.4. The number of hydrogen-bond donors (Lipinski definition) is 2. The zero-order chi connectivity index (χ0) is 16.5. The summed E-state index contributed by atoms with van der Waals surface area (Å²) in [5, 5.41) is 6.52. The van der Waals surface area contributed by atoms with Crippen molar-refractivity contribution in [2.75, 3.05) is 32.7 Å². The van der Waals surface area contributed by atoms with E-state index in [2.05, 4.69) is 53.6 Å². The molecule has 1 aliphatic rings. The minimum absolute atomic E-state index is 0. The van der Waals surface area contributed by atoms with Crippen molar-refractivity contribution in [1.29, 1.82) is 0 Å². The molecule has 6 heteroatoms. The van der Waals surface area contributed by atoms with Crippen LogP contribution in [0.2, 0.25) is 0 Å². The van der Waals surface area contributed by atoms with E-state index in [-0.39, 0.29) is 36.6 Å². The minimum Gasteiger partial charge on any atom is -0.354 e. The van der Waals surface area contributed by atoms with Gasteiger partial charge in [0, 0.05) is 19.1 Å². The molecule has 1 aromatic carbocycles. The Labute approximate surface area is 164 Å². The Balaban J connectivity index is 0.00000288. The van der Waals surface area contributed by atoms with Gasteiger partial charge in [-0.15, -0.1) is 24.8 Å². The summed E-state index contributed by atoms with van der Waals surface area (Å²) in [5.41, 5.74) is 1.33. The highest BCUT2D eigenvalue weighted by Gasteiger charge is 2.23. The molecule has 1 heterocycles. The van der Waals surface area contributed by atoms with Gasteiger partial charge in [-0.25, -0.2) is 0 Å². The van der Waals surface area contributed by atoms with Gasteiger partial charge in [-0.05, 0) is 44.5 Å². The van der Waals surface area contributed by atoms with Crippen LogP contribution in [-0.4, -0.2) is 49.6 Å². The summed E-state index contributed by atoms with van der Waals surface area (Å²) in [6.07, 6.45) is 3.08. The Kier molecular flexibility index (Phi) is 13.0. The summed E-state index contributed by atoms with van der Waals surface area (Å²) in [7, 11) is 0. The second-order valence-electron chi connectivity index (χ2n) is 6.35. The lowest BCUT2D eigenvalue weighted by atomic mass is 9.98. The van der Waals surface area contributed by atoms with Gasteiger partial charge in [0.1, 0.15) is 0 Å². The number of likely N-dealkylation sites (N-methyl/N-ethyl adjacent to an activating group) is 1. The van der Waals surface area contributed by atoms with Gasteiger partial charge in [0.25, 0.3) is 0 Å². The maximum absolute atomic E-state index is 12.4. The van der Waals surface area contributed by atoms with Crippen LogP contribution in [0.1, 0.15) is 32.3 Å². The van der Waals surface area contributed by atoms with Gasteiger partial charge in [-0.2, -0.15) is 0 Å². The molecule has 144 valence electrons. The van der Waals surface area contributed by atoms with Crippen LogP contribution in [0.4, 0.5) is 0 Å². The second-order valence-corrected chi connectivity index (χ2v) is 6.35. The third-order valence-electron chi connectivity index (χ3n) is 4.82. The third-order valence-corrected chi connectivity index (χ3v) is 4.82. The van der Waals surface area contributed by atoms with Crippen molar-refractivity contribution < 1.29 is 4.79 Å². The SMILES string of the molecule is CCN(CC)C(CNC(=O)C1CCCNC1)Cc1ccccc1.Cl.Cl. The monoisotopic (exact) mass is 389 g/mol. The van der Waals surface area contributed by atoms with Crippen LogP contribution in [0.5, 0.6) is 0 Å². The van der Waals surface area contributed by atoms with Crippen LogP contribution < -0.4 is 10.6 Å². The van der Waals surface area contributed by atoms with Gasteiger partial charge in [0.15, 0.2) is 0 Å². The van der Waals surface area contributed by atoms with Gasteiger partial charge in [-0.3, -0.25) is 9.69 Å². The van der Waals surface area contributed by atoms with E-state index in [0.717, 1.165) is 52.0 Å². The van der Waals surface area contributed by atoms with Crippen LogP contribution in [-0.2, 0) is 11.2 Å². The van der Waals surface area contributed by atoms with Crippen molar-refractivity contribution in [3.05, 3.63) is 35.9 Å². The number of carbonyl (C=O) groups excluding carboxylic acids is 1. The molecule has 4 nitrogen and oxygen atoms in total. The first-order chi connectivity index (χ1) is 11.2. The number of amides is 1. The standard InChI is InChI=1S/C19H31N3O.2ClH/c1-3-22(4-2)18(13-16-9-6-5-7-10-16)15-21-19(23)17-11-8-12-20-14-17;;/h5-7,9-10,17-18,20H,3-4,8,11-15H2,1-2H3,(H,21,23);2*1H. The number of nitrogens with zero attached hydrogens (tertiary/aromatic N) is 1. The van der Waals surface area contributed by atoms with E-state index in [1.165, 1.54) is 5.56 Å². The van der Waals surface area contributed by atoms with Crippen molar-refractivity contribution in [3.63, 3.8) is 0 Å². The Morgan fingerprint density at radius 3 is 2.48 bits per heavy atom. The Morgan fingerprint density at radius 2 is 1.92 bits per heavy atom. The Hall–Kier alpha value is -0.810. The molecule has 1 aromatic rings. The van der Waals surface area contributed by atoms with Gasteiger partial charge >= 0.3 is 0 Å². The number of rotatable bonds is 8. The van der Waals surface area contributed by atoms with Crippen LogP contribution in [0, 0.1) is 5.92 Å². The highest BCUT2D eigenvalue weighted by molar-refractivity contribution is 5.85. The molecule has 2 rings (SSSR count). The topological polar surface area (TPSA) is 44.4 Å². The number of hydrogen-bond acceptors (Lipinski definition) is 3. The minimum atomic E-state index is 0. The smallest absolute Gasteiger partial charge is 0.224 e. The normalized spacial score (nSPS) is 18.0. The zero-order valence-corrected chi connectivity index (χ0v) is 17.0. The fourth-order valence-corrected chi connectivity index (χ4v) is 3.39. The molecule has 0 saturated carbocycles. The average molecular weight is 390 g/mol. The molecule has 1 saturated heterocycles. The van der Waals surface area contributed by atoms with E-state index >= 15 is 0 Å². The number of carbonyl (C=O) groups is 1. The molecular formula is C19H33Cl2N3O. The van der Waals surface area contributed by atoms with Crippen molar-refractivity contribution in [3.8, 4) is 0 Å². The highest BCUT2D eigenvalue weighted by Crippen LogP contribution is 2.12. The number of nitrogens with one attached hydrogen (secondary N) is 2. The van der Waals surface area contributed by atoms with E-state index in [1.54, 1.807) is 0 Å².